The van der Waals surface area contributed by atoms with Gasteiger partial charge in [-0.25, -0.2) is 0 Å². The van der Waals surface area contributed by atoms with Gasteiger partial charge in [-0.15, -0.1) is 0 Å². The predicted molar refractivity (Wildman–Crippen MR) is 83.2 cm³/mol. The minimum atomic E-state index is 0.0776. The van der Waals surface area contributed by atoms with Gasteiger partial charge in [0.05, 0.1) is 6.54 Å². The fourth-order valence-corrected chi connectivity index (χ4v) is 2.86. The van der Waals surface area contributed by atoms with Crippen LogP contribution >= 0.6 is 0 Å². The van der Waals surface area contributed by atoms with Crippen molar-refractivity contribution in [3.8, 4) is 0 Å². The lowest BCUT2D eigenvalue weighted by atomic mass is 10.1. The van der Waals surface area contributed by atoms with Crippen LogP contribution in [0.15, 0.2) is 12.1 Å². The smallest absolute Gasteiger partial charge is 0.238 e. The highest BCUT2D eigenvalue weighted by Gasteiger charge is 2.20. The van der Waals surface area contributed by atoms with Crippen molar-refractivity contribution >= 4 is 11.6 Å². The zero-order valence-electron chi connectivity index (χ0n) is 12.9. The van der Waals surface area contributed by atoms with Gasteiger partial charge in [0.15, 0.2) is 0 Å². The monoisotopic (exact) mass is 275 g/mol. The first kappa shape index (κ1) is 15.0. The van der Waals surface area contributed by atoms with Gasteiger partial charge in [-0.1, -0.05) is 17.7 Å². The molecule has 20 heavy (non-hydrogen) atoms. The Morgan fingerprint density at radius 2 is 2.00 bits per heavy atom. The van der Waals surface area contributed by atoms with Crippen molar-refractivity contribution in [2.24, 2.45) is 0 Å². The van der Waals surface area contributed by atoms with Crippen molar-refractivity contribution < 1.29 is 4.79 Å². The van der Waals surface area contributed by atoms with E-state index in [0.717, 1.165) is 36.4 Å². The normalized spacial score (nSPS) is 19.9. The summed E-state index contributed by atoms with van der Waals surface area (Å²) < 4.78 is 0. The molecule has 4 heteroatoms. The average Bonchev–Trinajstić information content (AvgIpc) is 2.36. The predicted octanol–water partition coefficient (Wildman–Crippen LogP) is 1.84. The Hall–Kier alpha value is -1.39. The van der Waals surface area contributed by atoms with Crippen LogP contribution in [0.25, 0.3) is 0 Å². The Kier molecular flexibility index (Phi) is 4.78. The molecule has 110 valence electrons. The van der Waals surface area contributed by atoms with Crippen molar-refractivity contribution in [1.29, 1.82) is 0 Å². The molecule has 0 unspecified atom stereocenters. The van der Waals surface area contributed by atoms with E-state index in [2.05, 4.69) is 41.5 Å². The molecule has 2 N–H and O–H groups in total. The van der Waals surface area contributed by atoms with E-state index in [1.165, 1.54) is 5.56 Å². The van der Waals surface area contributed by atoms with Gasteiger partial charge < -0.3 is 10.6 Å². The molecule has 0 saturated carbocycles. The van der Waals surface area contributed by atoms with Crippen molar-refractivity contribution in [2.75, 3.05) is 31.5 Å². The second-order valence-electron chi connectivity index (χ2n) is 5.85. The fraction of sp³-hybridized carbons (Fsp3) is 0.562. The number of carbonyl (C=O) groups excluding carboxylic acids is 1. The Balaban J connectivity index is 2.01. The summed E-state index contributed by atoms with van der Waals surface area (Å²) in [6.45, 7) is 11.6. The van der Waals surface area contributed by atoms with Crippen LogP contribution in [-0.2, 0) is 4.79 Å². The molecule has 1 amide bonds. The van der Waals surface area contributed by atoms with Gasteiger partial charge in [-0.2, -0.15) is 0 Å². The number of anilines is 1. The van der Waals surface area contributed by atoms with Crippen LogP contribution in [0.4, 0.5) is 5.69 Å². The van der Waals surface area contributed by atoms with Crippen LogP contribution in [0.2, 0.25) is 0 Å². The maximum absolute atomic E-state index is 12.2. The molecule has 1 aromatic rings. The number of amides is 1. The molecule has 0 radical (unpaired) electrons. The minimum absolute atomic E-state index is 0.0776. The van der Waals surface area contributed by atoms with Crippen LogP contribution in [0.5, 0.6) is 0 Å². The van der Waals surface area contributed by atoms with E-state index in [1.807, 2.05) is 13.8 Å². The van der Waals surface area contributed by atoms with E-state index in [0.29, 0.717) is 12.6 Å². The summed E-state index contributed by atoms with van der Waals surface area (Å²) in [6.07, 6.45) is 0. The Bertz CT molecular complexity index is 475. The molecular formula is C16H25N3O. The summed E-state index contributed by atoms with van der Waals surface area (Å²) in [6, 6.07) is 4.63. The molecule has 1 atom stereocenters. The molecule has 0 aromatic heterocycles. The van der Waals surface area contributed by atoms with Gasteiger partial charge in [0, 0.05) is 31.4 Å². The van der Waals surface area contributed by atoms with Crippen LogP contribution < -0.4 is 10.6 Å². The average molecular weight is 275 g/mol. The van der Waals surface area contributed by atoms with Gasteiger partial charge in [0.1, 0.15) is 0 Å². The highest BCUT2D eigenvalue weighted by atomic mass is 16.2. The van der Waals surface area contributed by atoms with E-state index in [4.69, 9.17) is 0 Å². The molecule has 1 aromatic carbocycles. The summed E-state index contributed by atoms with van der Waals surface area (Å²) in [5, 5.41) is 6.41. The summed E-state index contributed by atoms with van der Waals surface area (Å²) in [5.74, 6) is 0.0776. The molecule has 1 aliphatic heterocycles. The Morgan fingerprint density at radius 3 is 2.60 bits per heavy atom. The third-order valence-corrected chi connectivity index (χ3v) is 3.93. The molecule has 2 rings (SSSR count). The Morgan fingerprint density at radius 1 is 1.35 bits per heavy atom. The molecule has 1 saturated heterocycles. The lowest BCUT2D eigenvalue weighted by Gasteiger charge is -2.33. The van der Waals surface area contributed by atoms with Gasteiger partial charge in [-0.05, 0) is 38.8 Å². The minimum Gasteiger partial charge on any atom is -0.324 e. The summed E-state index contributed by atoms with van der Waals surface area (Å²) in [7, 11) is 0. The molecular weight excluding hydrogens is 250 g/mol. The second kappa shape index (κ2) is 6.37. The molecule has 1 aliphatic rings. The quantitative estimate of drug-likeness (QED) is 0.885. The van der Waals surface area contributed by atoms with Crippen LogP contribution in [0.1, 0.15) is 23.6 Å². The van der Waals surface area contributed by atoms with Crippen LogP contribution in [-0.4, -0.2) is 43.0 Å². The summed E-state index contributed by atoms with van der Waals surface area (Å²) in [5.41, 5.74) is 4.45. The molecule has 0 spiro atoms. The largest absolute Gasteiger partial charge is 0.324 e. The number of nitrogens with zero attached hydrogens (tertiary/aromatic N) is 1. The highest BCUT2D eigenvalue weighted by Crippen LogP contribution is 2.21. The number of hydrogen-bond acceptors (Lipinski definition) is 3. The zero-order chi connectivity index (χ0) is 14.7. The molecule has 0 bridgehead atoms. The highest BCUT2D eigenvalue weighted by molar-refractivity contribution is 5.93. The maximum Gasteiger partial charge on any atom is 0.238 e. The maximum atomic E-state index is 12.2. The molecule has 4 nitrogen and oxygen atoms in total. The molecule has 1 heterocycles. The number of carbonyl (C=O) groups is 1. The van der Waals surface area contributed by atoms with Crippen molar-refractivity contribution in [3.05, 3.63) is 28.8 Å². The number of hydrogen-bond donors (Lipinski definition) is 2. The second-order valence-corrected chi connectivity index (χ2v) is 5.85. The topological polar surface area (TPSA) is 44.4 Å². The van der Waals surface area contributed by atoms with Crippen molar-refractivity contribution in [2.45, 2.75) is 33.7 Å². The lowest BCUT2D eigenvalue weighted by Crippen LogP contribution is -2.52. The van der Waals surface area contributed by atoms with Gasteiger partial charge >= 0.3 is 0 Å². The van der Waals surface area contributed by atoms with Gasteiger partial charge in [0.2, 0.25) is 5.91 Å². The third-order valence-electron chi connectivity index (χ3n) is 3.93. The first-order valence-electron chi connectivity index (χ1n) is 7.30. The van der Waals surface area contributed by atoms with Crippen molar-refractivity contribution in [1.82, 2.24) is 10.2 Å². The Labute approximate surface area is 121 Å². The number of benzene rings is 1. The first-order valence-corrected chi connectivity index (χ1v) is 7.30. The lowest BCUT2D eigenvalue weighted by molar-refractivity contribution is -0.118. The molecule has 0 aliphatic carbocycles. The van der Waals surface area contributed by atoms with Gasteiger partial charge in [-0.3, -0.25) is 9.69 Å². The van der Waals surface area contributed by atoms with Crippen LogP contribution in [0.3, 0.4) is 0 Å². The van der Waals surface area contributed by atoms with E-state index in [1.54, 1.807) is 0 Å². The fourth-order valence-electron chi connectivity index (χ4n) is 2.86. The van der Waals surface area contributed by atoms with E-state index in [9.17, 15) is 4.79 Å². The summed E-state index contributed by atoms with van der Waals surface area (Å²) in [4.78, 5) is 14.5. The van der Waals surface area contributed by atoms with Crippen LogP contribution in [0, 0.1) is 20.8 Å². The van der Waals surface area contributed by atoms with Gasteiger partial charge in [0.25, 0.3) is 0 Å². The number of nitrogens with one attached hydrogen (secondary N) is 2. The number of aryl methyl sites for hydroxylation is 3. The molecule has 1 fully saturated rings. The van der Waals surface area contributed by atoms with E-state index >= 15 is 0 Å². The SMILES string of the molecule is Cc1cc(C)c(NC(=O)CN2CCNC[C@H]2C)c(C)c1. The summed E-state index contributed by atoms with van der Waals surface area (Å²) >= 11 is 0. The number of rotatable bonds is 3. The standard InChI is InChI=1S/C16H25N3O/c1-11-7-12(2)16(13(3)8-11)18-15(20)10-19-6-5-17-9-14(19)4/h7-8,14,17H,5-6,9-10H2,1-4H3,(H,18,20)/t14-/m1/s1. The van der Waals surface area contributed by atoms with E-state index < -0.39 is 0 Å². The zero-order valence-corrected chi connectivity index (χ0v) is 12.9. The van der Waals surface area contributed by atoms with Crippen molar-refractivity contribution in [3.63, 3.8) is 0 Å². The number of piperazine rings is 1. The first-order chi connectivity index (χ1) is 9.47. The van der Waals surface area contributed by atoms with E-state index in [-0.39, 0.29) is 5.91 Å². The third kappa shape index (κ3) is 3.58.